The molecule has 2 aromatic rings. The zero-order chi connectivity index (χ0) is 26.5. The molecule has 1 atom stereocenters. The Kier molecular flexibility index (Phi) is 9.18. The third-order valence-electron chi connectivity index (χ3n) is 7.07. The summed E-state index contributed by atoms with van der Waals surface area (Å²) >= 11 is 6.06. The van der Waals surface area contributed by atoms with Gasteiger partial charge in [0, 0.05) is 44.7 Å². The summed E-state index contributed by atoms with van der Waals surface area (Å²) in [6, 6.07) is 13.6. The van der Waals surface area contributed by atoms with Crippen molar-refractivity contribution in [2.45, 2.75) is 66.0 Å². The molecule has 0 bridgehead atoms. The molecule has 0 aromatic heterocycles. The van der Waals surface area contributed by atoms with E-state index in [4.69, 9.17) is 11.6 Å². The molecule has 0 saturated carbocycles. The Morgan fingerprint density at radius 3 is 2.11 bits per heavy atom. The van der Waals surface area contributed by atoms with Crippen LogP contribution in [0.3, 0.4) is 0 Å². The predicted molar refractivity (Wildman–Crippen MR) is 144 cm³/mol. The fraction of sp³-hybridized carbons (Fsp3) is 0.483. The van der Waals surface area contributed by atoms with E-state index in [1.54, 1.807) is 16.7 Å². The standard InChI is InChI=1S/C29H38ClN3O3/c1-6-31(23(4)34)13-7-14-32(20-24-8-10-26(30)11-9-24)28(36)29(5)12-15-33(29)27(35)19-25-17-21(2)16-22(3)18-25/h8-11,16-18H,6-7,12-15,19-20H2,1-5H3. The van der Waals surface area contributed by atoms with E-state index in [0.717, 1.165) is 22.3 Å². The Morgan fingerprint density at radius 1 is 0.972 bits per heavy atom. The van der Waals surface area contributed by atoms with Crippen molar-refractivity contribution in [3.05, 3.63) is 69.7 Å². The lowest BCUT2D eigenvalue weighted by atomic mass is 9.84. The third kappa shape index (κ3) is 6.67. The fourth-order valence-electron chi connectivity index (χ4n) is 5.02. The quantitative estimate of drug-likeness (QED) is 0.461. The molecule has 3 rings (SSSR count). The van der Waals surface area contributed by atoms with Gasteiger partial charge in [-0.25, -0.2) is 0 Å². The van der Waals surface area contributed by atoms with Crippen LogP contribution in [0.5, 0.6) is 0 Å². The highest BCUT2D eigenvalue weighted by molar-refractivity contribution is 6.30. The number of carbonyl (C=O) groups excluding carboxylic acids is 3. The van der Waals surface area contributed by atoms with Gasteiger partial charge < -0.3 is 14.7 Å². The maximum Gasteiger partial charge on any atom is 0.248 e. The Hall–Kier alpha value is -2.86. The first kappa shape index (κ1) is 27.7. The summed E-state index contributed by atoms with van der Waals surface area (Å²) in [5, 5.41) is 0.644. The van der Waals surface area contributed by atoms with Crippen molar-refractivity contribution in [2.75, 3.05) is 26.2 Å². The van der Waals surface area contributed by atoms with Gasteiger partial charge in [0.15, 0.2) is 0 Å². The molecule has 1 heterocycles. The van der Waals surface area contributed by atoms with E-state index in [0.29, 0.717) is 50.6 Å². The number of carbonyl (C=O) groups is 3. The first-order valence-electron chi connectivity index (χ1n) is 12.7. The molecule has 0 N–H and O–H groups in total. The predicted octanol–water partition coefficient (Wildman–Crippen LogP) is 4.78. The molecular weight excluding hydrogens is 474 g/mol. The van der Waals surface area contributed by atoms with E-state index in [1.807, 2.05) is 69.0 Å². The number of benzene rings is 2. The third-order valence-corrected chi connectivity index (χ3v) is 7.33. The summed E-state index contributed by atoms with van der Waals surface area (Å²) in [6.07, 6.45) is 1.59. The molecule has 1 saturated heterocycles. The lowest BCUT2D eigenvalue weighted by Gasteiger charge is -2.51. The van der Waals surface area contributed by atoms with Gasteiger partial charge in [-0.1, -0.05) is 53.1 Å². The Bertz CT molecular complexity index is 1080. The van der Waals surface area contributed by atoms with Gasteiger partial charge in [0.2, 0.25) is 17.7 Å². The van der Waals surface area contributed by atoms with Crippen molar-refractivity contribution in [3.63, 3.8) is 0 Å². The second kappa shape index (κ2) is 11.9. The molecule has 1 fully saturated rings. The number of aryl methyl sites for hydroxylation is 2. The maximum atomic E-state index is 13.9. The van der Waals surface area contributed by atoms with Crippen LogP contribution in [0, 0.1) is 13.8 Å². The summed E-state index contributed by atoms with van der Waals surface area (Å²) in [4.78, 5) is 44.3. The van der Waals surface area contributed by atoms with Gasteiger partial charge in [0.05, 0.1) is 6.42 Å². The Labute approximate surface area is 220 Å². The number of amides is 3. The van der Waals surface area contributed by atoms with Crippen molar-refractivity contribution in [2.24, 2.45) is 0 Å². The monoisotopic (exact) mass is 511 g/mol. The minimum absolute atomic E-state index is 0.0257. The summed E-state index contributed by atoms with van der Waals surface area (Å²) in [7, 11) is 0. The second-order valence-corrected chi connectivity index (χ2v) is 10.5. The smallest absolute Gasteiger partial charge is 0.248 e. The van der Waals surface area contributed by atoms with Crippen LogP contribution in [0.2, 0.25) is 5.02 Å². The highest BCUT2D eigenvalue weighted by Crippen LogP contribution is 2.34. The van der Waals surface area contributed by atoms with E-state index >= 15 is 0 Å². The number of nitrogens with zero attached hydrogens (tertiary/aromatic N) is 3. The van der Waals surface area contributed by atoms with Crippen molar-refractivity contribution in [1.29, 1.82) is 0 Å². The minimum atomic E-state index is -0.868. The summed E-state index contributed by atoms with van der Waals surface area (Å²) in [5.74, 6) is -0.0483. The number of halogens is 1. The van der Waals surface area contributed by atoms with E-state index in [1.165, 1.54) is 0 Å². The maximum absolute atomic E-state index is 13.9. The Balaban J connectivity index is 1.75. The molecule has 2 aromatic carbocycles. The van der Waals surface area contributed by atoms with Gasteiger partial charge in [0.25, 0.3) is 0 Å². The van der Waals surface area contributed by atoms with Gasteiger partial charge in [-0.15, -0.1) is 0 Å². The van der Waals surface area contributed by atoms with Crippen LogP contribution in [0.15, 0.2) is 42.5 Å². The molecule has 1 aliphatic rings. The average Bonchev–Trinajstić information content (AvgIpc) is 2.79. The molecular formula is C29H38ClN3O3. The van der Waals surface area contributed by atoms with Crippen LogP contribution < -0.4 is 0 Å². The highest BCUT2D eigenvalue weighted by Gasteiger charge is 2.50. The lowest BCUT2D eigenvalue weighted by molar-refractivity contribution is -0.164. The van der Waals surface area contributed by atoms with Gasteiger partial charge in [-0.05, 0) is 63.8 Å². The molecule has 6 nitrogen and oxygen atoms in total. The van der Waals surface area contributed by atoms with Crippen LogP contribution in [-0.4, -0.2) is 64.1 Å². The number of hydrogen-bond acceptors (Lipinski definition) is 3. The first-order valence-corrected chi connectivity index (χ1v) is 13.1. The molecule has 194 valence electrons. The van der Waals surface area contributed by atoms with Crippen molar-refractivity contribution >= 4 is 29.3 Å². The lowest BCUT2D eigenvalue weighted by Crippen LogP contribution is -2.68. The molecule has 1 aliphatic heterocycles. The average molecular weight is 512 g/mol. The topological polar surface area (TPSA) is 60.9 Å². The fourth-order valence-corrected chi connectivity index (χ4v) is 5.14. The van der Waals surface area contributed by atoms with Crippen molar-refractivity contribution in [3.8, 4) is 0 Å². The van der Waals surface area contributed by atoms with Gasteiger partial charge >= 0.3 is 0 Å². The molecule has 0 spiro atoms. The molecule has 3 amide bonds. The second-order valence-electron chi connectivity index (χ2n) is 10.0. The number of hydrogen-bond donors (Lipinski definition) is 0. The summed E-state index contributed by atoms with van der Waals surface area (Å²) < 4.78 is 0. The van der Waals surface area contributed by atoms with Crippen LogP contribution in [0.1, 0.15) is 55.9 Å². The van der Waals surface area contributed by atoms with E-state index in [-0.39, 0.29) is 24.1 Å². The van der Waals surface area contributed by atoms with Crippen LogP contribution in [-0.2, 0) is 27.3 Å². The van der Waals surface area contributed by atoms with Gasteiger partial charge in [-0.2, -0.15) is 0 Å². The zero-order valence-corrected chi connectivity index (χ0v) is 22.9. The van der Waals surface area contributed by atoms with Gasteiger partial charge in [-0.3, -0.25) is 14.4 Å². The van der Waals surface area contributed by atoms with Crippen LogP contribution >= 0.6 is 11.6 Å². The van der Waals surface area contributed by atoms with E-state index < -0.39 is 5.54 Å². The first-order chi connectivity index (χ1) is 17.0. The molecule has 36 heavy (non-hydrogen) atoms. The SMILES string of the molecule is CCN(CCCN(Cc1ccc(Cl)cc1)C(=O)C1(C)CCN1C(=O)Cc1cc(C)cc(C)c1)C(C)=O. The molecule has 0 radical (unpaired) electrons. The molecule has 1 unspecified atom stereocenters. The van der Waals surface area contributed by atoms with Gasteiger partial charge in [0.1, 0.15) is 5.54 Å². The van der Waals surface area contributed by atoms with Crippen molar-refractivity contribution < 1.29 is 14.4 Å². The Morgan fingerprint density at radius 2 is 1.58 bits per heavy atom. The van der Waals surface area contributed by atoms with Crippen molar-refractivity contribution in [1.82, 2.24) is 14.7 Å². The number of rotatable bonds is 10. The largest absolute Gasteiger partial charge is 0.343 e. The van der Waals surface area contributed by atoms with Crippen LogP contribution in [0.4, 0.5) is 0 Å². The molecule has 0 aliphatic carbocycles. The minimum Gasteiger partial charge on any atom is -0.343 e. The summed E-state index contributed by atoms with van der Waals surface area (Å²) in [6.45, 7) is 12.2. The zero-order valence-electron chi connectivity index (χ0n) is 22.1. The highest BCUT2D eigenvalue weighted by atomic mass is 35.5. The molecule has 7 heteroatoms. The van der Waals surface area contributed by atoms with Crippen LogP contribution in [0.25, 0.3) is 0 Å². The van der Waals surface area contributed by atoms with E-state index in [9.17, 15) is 14.4 Å². The van der Waals surface area contributed by atoms with E-state index in [2.05, 4.69) is 6.07 Å². The summed E-state index contributed by atoms with van der Waals surface area (Å²) in [5.41, 5.74) is 3.33. The number of likely N-dealkylation sites (tertiary alicyclic amines) is 1. The normalized spacial score (nSPS) is 16.9.